The fourth-order valence-corrected chi connectivity index (χ4v) is 1.59. The van der Waals surface area contributed by atoms with Gasteiger partial charge in [0.25, 0.3) is 0 Å². The minimum absolute atomic E-state index is 0.160. The van der Waals surface area contributed by atoms with E-state index >= 15 is 0 Å². The van der Waals surface area contributed by atoms with Gasteiger partial charge in [0.05, 0.1) is 0 Å². The third-order valence-electron chi connectivity index (χ3n) is 0.998. The summed E-state index contributed by atoms with van der Waals surface area (Å²) in [5, 5.41) is 0. The van der Waals surface area contributed by atoms with Gasteiger partial charge in [0.2, 0.25) is 0 Å². The summed E-state index contributed by atoms with van der Waals surface area (Å²) in [6.45, 7) is 1.42. The van der Waals surface area contributed by atoms with Gasteiger partial charge in [-0.2, -0.15) is 0 Å². The van der Waals surface area contributed by atoms with Crippen LogP contribution in [0.4, 0.5) is 0 Å². The minimum atomic E-state index is -0.214. The van der Waals surface area contributed by atoms with E-state index in [9.17, 15) is 4.79 Å². The molecule has 0 fully saturated rings. The SMILES string of the molecule is CC(=O)O[Se]c1ccccc1. The summed E-state index contributed by atoms with van der Waals surface area (Å²) < 4.78 is 5.93. The third-order valence-corrected chi connectivity index (χ3v) is 2.64. The average molecular weight is 215 g/mol. The Hall–Kier alpha value is -0.791. The molecular weight excluding hydrogens is 207 g/mol. The summed E-state index contributed by atoms with van der Waals surface area (Å²) >= 11 is -0.160. The summed E-state index contributed by atoms with van der Waals surface area (Å²) in [4.78, 5) is 10.4. The fraction of sp³-hybridized carbons (Fsp3) is 0.125. The zero-order valence-corrected chi connectivity index (χ0v) is 7.82. The van der Waals surface area contributed by atoms with Gasteiger partial charge in [0.15, 0.2) is 0 Å². The van der Waals surface area contributed by atoms with Crippen LogP contribution in [0.1, 0.15) is 6.92 Å². The van der Waals surface area contributed by atoms with E-state index in [2.05, 4.69) is 0 Å². The second-order valence-electron chi connectivity index (χ2n) is 1.97. The first-order valence-electron chi connectivity index (χ1n) is 3.19. The van der Waals surface area contributed by atoms with Crippen molar-refractivity contribution in [1.82, 2.24) is 0 Å². The Labute approximate surface area is 72.0 Å². The van der Waals surface area contributed by atoms with Crippen molar-refractivity contribution in [2.24, 2.45) is 0 Å². The molecule has 0 bridgehead atoms. The summed E-state index contributed by atoms with van der Waals surface area (Å²) in [7, 11) is 0. The molecular formula is C8H8O2Se. The first-order chi connectivity index (χ1) is 5.29. The van der Waals surface area contributed by atoms with Crippen molar-refractivity contribution in [1.29, 1.82) is 0 Å². The van der Waals surface area contributed by atoms with Gasteiger partial charge < -0.3 is 0 Å². The molecule has 0 aromatic heterocycles. The molecule has 58 valence electrons. The van der Waals surface area contributed by atoms with Crippen LogP contribution in [0, 0.1) is 0 Å². The molecule has 0 N–H and O–H groups in total. The van der Waals surface area contributed by atoms with Crippen molar-refractivity contribution in [3.8, 4) is 0 Å². The van der Waals surface area contributed by atoms with Crippen LogP contribution in [0.5, 0.6) is 0 Å². The van der Waals surface area contributed by atoms with Gasteiger partial charge in [-0.3, -0.25) is 0 Å². The second-order valence-corrected chi connectivity index (χ2v) is 3.66. The Morgan fingerprint density at radius 3 is 2.55 bits per heavy atom. The molecule has 0 saturated heterocycles. The van der Waals surface area contributed by atoms with Crippen molar-refractivity contribution >= 4 is 25.7 Å². The Bertz CT molecular complexity index is 233. The molecule has 0 spiro atoms. The zero-order valence-electron chi connectivity index (χ0n) is 6.11. The van der Waals surface area contributed by atoms with Gasteiger partial charge >= 0.3 is 71.6 Å². The van der Waals surface area contributed by atoms with Gasteiger partial charge in [-0.25, -0.2) is 0 Å². The van der Waals surface area contributed by atoms with E-state index in [-0.39, 0.29) is 21.3 Å². The summed E-state index contributed by atoms with van der Waals surface area (Å²) in [6, 6.07) is 9.69. The molecule has 0 amide bonds. The van der Waals surface area contributed by atoms with Crippen LogP contribution < -0.4 is 4.46 Å². The van der Waals surface area contributed by atoms with Crippen molar-refractivity contribution < 1.29 is 8.61 Å². The molecule has 1 rings (SSSR count). The summed E-state index contributed by atoms with van der Waals surface area (Å²) in [5.74, 6) is -0.214. The molecule has 1 aromatic rings. The van der Waals surface area contributed by atoms with Crippen LogP contribution in [0.15, 0.2) is 30.3 Å². The van der Waals surface area contributed by atoms with Gasteiger partial charge in [-0.1, -0.05) is 0 Å². The molecule has 0 radical (unpaired) electrons. The Balaban J connectivity index is 2.45. The first-order valence-corrected chi connectivity index (χ1v) is 4.75. The third kappa shape index (κ3) is 3.21. The average Bonchev–Trinajstić information content (AvgIpc) is 2.03. The van der Waals surface area contributed by atoms with Gasteiger partial charge in [0.1, 0.15) is 0 Å². The van der Waals surface area contributed by atoms with Crippen molar-refractivity contribution in [3.05, 3.63) is 30.3 Å². The monoisotopic (exact) mass is 216 g/mol. The molecule has 0 atom stereocenters. The molecule has 11 heavy (non-hydrogen) atoms. The van der Waals surface area contributed by atoms with E-state index in [0.717, 1.165) is 4.46 Å². The number of rotatable bonds is 2. The zero-order chi connectivity index (χ0) is 8.10. The van der Waals surface area contributed by atoms with E-state index in [0.29, 0.717) is 0 Å². The molecule has 3 heteroatoms. The van der Waals surface area contributed by atoms with Crippen LogP contribution in [0.2, 0.25) is 0 Å². The van der Waals surface area contributed by atoms with Crippen molar-refractivity contribution in [3.63, 3.8) is 0 Å². The van der Waals surface area contributed by atoms with E-state index < -0.39 is 0 Å². The van der Waals surface area contributed by atoms with Crippen molar-refractivity contribution in [2.75, 3.05) is 0 Å². The Morgan fingerprint density at radius 1 is 1.36 bits per heavy atom. The maximum atomic E-state index is 10.4. The summed E-state index contributed by atoms with van der Waals surface area (Å²) in [6.07, 6.45) is 0. The molecule has 1 aromatic carbocycles. The van der Waals surface area contributed by atoms with E-state index in [1.807, 2.05) is 30.3 Å². The summed E-state index contributed by atoms with van der Waals surface area (Å²) in [5.41, 5.74) is 0. The van der Waals surface area contributed by atoms with Crippen LogP contribution in [-0.4, -0.2) is 21.3 Å². The standard InChI is InChI=1S/C8H8O2Se/c1-7(9)10-11-8-5-3-2-4-6-8/h2-6H,1H3. The molecule has 0 aliphatic rings. The topological polar surface area (TPSA) is 26.3 Å². The maximum absolute atomic E-state index is 10.4. The van der Waals surface area contributed by atoms with Gasteiger partial charge in [0, 0.05) is 0 Å². The number of benzene rings is 1. The predicted octanol–water partition coefficient (Wildman–Crippen LogP) is 0.494. The number of carbonyl (C=O) groups is 1. The number of carbonyl (C=O) groups excluding carboxylic acids is 1. The molecule has 0 unspecified atom stereocenters. The normalized spacial score (nSPS) is 9.18. The Morgan fingerprint density at radius 2 is 2.00 bits per heavy atom. The van der Waals surface area contributed by atoms with E-state index in [1.165, 1.54) is 6.92 Å². The number of hydrogen-bond donors (Lipinski definition) is 0. The number of hydrogen-bond acceptors (Lipinski definition) is 2. The molecule has 0 aliphatic carbocycles. The van der Waals surface area contributed by atoms with Crippen molar-refractivity contribution in [2.45, 2.75) is 6.92 Å². The van der Waals surface area contributed by atoms with Crippen LogP contribution in [-0.2, 0) is 8.61 Å². The first kappa shape index (κ1) is 8.31. The van der Waals surface area contributed by atoms with E-state index in [4.69, 9.17) is 3.82 Å². The van der Waals surface area contributed by atoms with E-state index in [1.54, 1.807) is 0 Å². The molecule has 2 nitrogen and oxygen atoms in total. The van der Waals surface area contributed by atoms with Crippen LogP contribution in [0.3, 0.4) is 0 Å². The van der Waals surface area contributed by atoms with Crippen LogP contribution in [0.25, 0.3) is 0 Å². The molecule has 0 aliphatic heterocycles. The van der Waals surface area contributed by atoms with Gasteiger partial charge in [-0.15, -0.1) is 0 Å². The fourth-order valence-electron chi connectivity index (χ4n) is 0.583. The second kappa shape index (κ2) is 4.16. The Kier molecular flexibility index (Phi) is 3.14. The quantitative estimate of drug-likeness (QED) is 0.671. The predicted molar refractivity (Wildman–Crippen MR) is 43.6 cm³/mol. The van der Waals surface area contributed by atoms with Crippen LogP contribution >= 0.6 is 0 Å². The molecule has 0 saturated carbocycles. The molecule has 0 heterocycles. The van der Waals surface area contributed by atoms with Gasteiger partial charge in [-0.05, 0) is 0 Å².